The van der Waals surface area contributed by atoms with E-state index in [1.165, 1.54) is 12.5 Å². The van der Waals surface area contributed by atoms with Crippen molar-refractivity contribution in [2.75, 3.05) is 19.8 Å². The largest absolute Gasteiger partial charge is 0.499 e. The standard InChI is InChI=1S/C8H12O3/c1-3-9-5-8(7-11-8)6-10-4-2/h3-4H,1-2,5-7H2. The number of hydrogen-bond donors (Lipinski definition) is 0. The highest BCUT2D eigenvalue weighted by molar-refractivity contribution is 4.93. The molecule has 0 aliphatic carbocycles. The predicted molar refractivity (Wildman–Crippen MR) is 41.0 cm³/mol. The van der Waals surface area contributed by atoms with E-state index in [1.54, 1.807) is 0 Å². The average Bonchev–Trinajstić information content (AvgIpc) is 2.79. The van der Waals surface area contributed by atoms with Gasteiger partial charge in [0.25, 0.3) is 0 Å². The Morgan fingerprint density at radius 2 is 1.73 bits per heavy atom. The second kappa shape index (κ2) is 3.44. The van der Waals surface area contributed by atoms with E-state index in [2.05, 4.69) is 13.2 Å². The summed E-state index contributed by atoms with van der Waals surface area (Å²) in [5.41, 5.74) is -0.234. The maximum atomic E-state index is 5.15. The first kappa shape index (κ1) is 8.14. The second-order valence-corrected chi connectivity index (χ2v) is 2.43. The van der Waals surface area contributed by atoms with Gasteiger partial charge in [-0.25, -0.2) is 0 Å². The molecule has 0 aromatic heterocycles. The Morgan fingerprint density at radius 1 is 1.27 bits per heavy atom. The van der Waals surface area contributed by atoms with Gasteiger partial charge in [-0.3, -0.25) is 0 Å². The number of ether oxygens (including phenoxy) is 3. The van der Waals surface area contributed by atoms with Gasteiger partial charge in [-0.05, 0) is 0 Å². The average molecular weight is 156 g/mol. The molecule has 0 aromatic carbocycles. The third-order valence-corrected chi connectivity index (χ3v) is 1.48. The van der Waals surface area contributed by atoms with Crippen molar-refractivity contribution in [2.45, 2.75) is 5.60 Å². The summed E-state index contributed by atoms with van der Waals surface area (Å²) in [6.07, 6.45) is 2.80. The third-order valence-electron chi connectivity index (χ3n) is 1.48. The lowest BCUT2D eigenvalue weighted by Crippen LogP contribution is -2.23. The predicted octanol–water partition coefficient (Wildman–Crippen LogP) is 1.08. The molecule has 0 spiro atoms. The normalized spacial score (nSPS) is 18.5. The summed E-state index contributed by atoms with van der Waals surface area (Å²) < 4.78 is 15.1. The van der Waals surface area contributed by atoms with Crippen LogP contribution in [0.2, 0.25) is 0 Å². The van der Waals surface area contributed by atoms with Gasteiger partial charge < -0.3 is 14.2 Å². The Kier molecular flexibility index (Phi) is 2.54. The van der Waals surface area contributed by atoms with Crippen LogP contribution in [0.15, 0.2) is 25.7 Å². The summed E-state index contributed by atoms with van der Waals surface area (Å²) in [7, 11) is 0. The topological polar surface area (TPSA) is 31.0 Å². The second-order valence-electron chi connectivity index (χ2n) is 2.43. The van der Waals surface area contributed by atoms with E-state index in [-0.39, 0.29) is 5.60 Å². The van der Waals surface area contributed by atoms with Crippen molar-refractivity contribution in [1.82, 2.24) is 0 Å². The van der Waals surface area contributed by atoms with Crippen LogP contribution in [-0.4, -0.2) is 25.4 Å². The van der Waals surface area contributed by atoms with Gasteiger partial charge in [-0.1, -0.05) is 13.2 Å². The van der Waals surface area contributed by atoms with Crippen molar-refractivity contribution < 1.29 is 14.2 Å². The third kappa shape index (κ3) is 2.27. The van der Waals surface area contributed by atoms with Gasteiger partial charge in [0.1, 0.15) is 13.2 Å². The highest BCUT2D eigenvalue weighted by Gasteiger charge is 2.46. The molecular formula is C8H12O3. The maximum absolute atomic E-state index is 5.15. The Morgan fingerprint density at radius 3 is 2.00 bits per heavy atom. The molecule has 62 valence electrons. The zero-order chi connectivity index (χ0) is 8.16. The van der Waals surface area contributed by atoms with Gasteiger partial charge in [0.15, 0.2) is 5.60 Å². The summed E-state index contributed by atoms with van der Waals surface area (Å²) in [6.45, 7) is 8.56. The fourth-order valence-electron chi connectivity index (χ4n) is 0.732. The Balaban J connectivity index is 2.17. The molecule has 0 amide bonds. The fraction of sp³-hybridized carbons (Fsp3) is 0.500. The molecule has 1 saturated heterocycles. The minimum absolute atomic E-state index is 0.234. The molecule has 0 atom stereocenters. The van der Waals surface area contributed by atoms with Crippen molar-refractivity contribution in [3.8, 4) is 0 Å². The number of epoxide rings is 1. The Hall–Kier alpha value is -0.960. The van der Waals surface area contributed by atoms with Gasteiger partial charge >= 0.3 is 0 Å². The molecule has 3 heteroatoms. The van der Waals surface area contributed by atoms with E-state index in [0.717, 1.165) is 0 Å². The molecule has 1 heterocycles. The Bertz CT molecular complexity index is 135. The van der Waals surface area contributed by atoms with Crippen molar-refractivity contribution in [2.24, 2.45) is 0 Å². The first-order chi connectivity index (χ1) is 5.33. The molecule has 0 N–H and O–H groups in total. The molecule has 11 heavy (non-hydrogen) atoms. The van der Waals surface area contributed by atoms with Gasteiger partial charge in [-0.15, -0.1) is 0 Å². The van der Waals surface area contributed by atoms with E-state index >= 15 is 0 Å². The molecule has 0 saturated carbocycles. The first-order valence-corrected chi connectivity index (χ1v) is 3.42. The molecule has 1 aliphatic heterocycles. The smallest absolute Gasteiger partial charge is 0.159 e. The summed E-state index contributed by atoms with van der Waals surface area (Å²) >= 11 is 0. The molecule has 0 aromatic rings. The lowest BCUT2D eigenvalue weighted by atomic mass is 10.2. The summed E-state index contributed by atoms with van der Waals surface area (Å²) in [4.78, 5) is 0. The lowest BCUT2D eigenvalue weighted by Gasteiger charge is -2.09. The van der Waals surface area contributed by atoms with Gasteiger partial charge in [0.2, 0.25) is 0 Å². The van der Waals surface area contributed by atoms with Crippen LogP contribution in [0.1, 0.15) is 0 Å². The van der Waals surface area contributed by atoms with Crippen molar-refractivity contribution in [3.05, 3.63) is 25.7 Å². The highest BCUT2D eigenvalue weighted by atomic mass is 16.6. The van der Waals surface area contributed by atoms with Crippen molar-refractivity contribution in [3.63, 3.8) is 0 Å². The number of hydrogen-bond acceptors (Lipinski definition) is 3. The molecule has 1 rings (SSSR count). The maximum Gasteiger partial charge on any atom is 0.159 e. The first-order valence-electron chi connectivity index (χ1n) is 3.42. The van der Waals surface area contributed by atoms with Crippen LogP contribution in [0.4, 0.5) is 0 Å². The van der Waals surface area contributed by atoms with Crippen LogP contribution < -0.4 is 0 Å². The van der Waals surface area contributed by atoms with E-state index in [1.807, 2.05) is 0 Å². The van der Waals surface area contributed by atoms with E-state index in [9.17, 15) is 0 Å². The molecular weight excluding hydrogens is 144 g/mol. The molecule has 3 nitrogen and oxygen atoms in total. The van der Waals surface area contributed by atoms with Crippen molar-refractivity contribution in [1.29, 1.82) is 0 Å². The van der Waals surface area contributed by atoms with Crippen LogP contribution in [0, 0.1) is 0 Å². The Labute approximate surface area is 66.2 Å². The number of rotatable bonds is 6. The SMILES string of the molecule is C=COCC1(COC=C)CO1. The van der Waals surface area contributed by atoms with Gasteiger partial charge in [0.05, 0.1) is 19.1 Å². The monoisotopic (exact) mass is 156 g/mol. The lowest BCUT2D eigenvalue weighted by molar-refractivity contribution is 0.0888. The zero-order valence-corrected chi connectivity index (χ0v) is 6.41. The molecule has 0 bridgehead atoms. The van der Waals surface area contributed by atoms with Crippen LogP contribution >= 0.6 is 0 Å². The minimum atomic E-state index is -0.234. The zero-order valence-electron chi connectivity index (χ0n) is 6.41. The molecule has 1 fully saturated rings. The quantitative estimate of drug-likeness (QED) is 0.426. The van der Waals surface area contributed by atoms with E-state index < -0.39 is 0 Å². The van der Waals surface area contributed by atoms with Gasteiger partial charge in [-0.2, -0.15) is 0 Å². The van der Waals surface area contributed by atoms with Crippen LogP contribution in [-0.2, 0) is 14.2 Å². The van der Waals surface area contributed by atoms with E-state index in [4.69, 9.17) is 14.2 Å². The molecule has 0 unspecified atom stereocenters. The van der Waals surface area contributed by atoms with Crippen LogP contribution in [0.3, 0.4) is 0 Å². The minimum Gasteiger partial charge on any atom is -0.499 e. The van der Waals surface area contributed by atoms with E-state index in [0.29, 0.717) is 19.8 Å². The highest BCUT2D eigenvalue weighted by Crippen LogP contribution is 2.27. The molecule has 0 radical (unpaired) electrons. The molecule has 1 aliphatic rings. The van der Waals surface area contributed by atoms with Crippen LogP contribution in [0.5, 0.6) is 0 Å². The van der Waals surface area contributed by atoms with Crippen molar-refractivity contribution >= 4 is 0 Å². The summed E-state index contributed by atoms with van der Waals surface area (Å²) in [6, 6.07) is 0. The summed E-state index contributed by atoms with van der Waals surface area (Å²) in [5, 5.41) is 0. The summed E-state index contributed by atoms with van der Waals surface area (Å²) in [5.74, 6) is 0. The van der Waals surface area contributed by atoms with Crippen LogP contribution in [0.25, 0.3) is 0 Å². The van der Waals surface area contributed by atoms with Gasteiger partial charge in [0, 0.05) is 0 Å². The fourth-order valence-corrected chi connectivity index (χ4v) is 0.732.